The number of para-hydroxylation sites is 2. The van der Waals surface area contributed by atoms with Crippen LogP contribution in [0.25, 0.3) is 81.8 Å². The molecule has 7 heterocycles. The first kappa shape index (κ1) is 44.4. The Morgan fingerprint density at radius 3 is 1.51 bits per heavy atom. The van der Waals surface area contributed by atoms with Gasteiger partial charge >= 0.3 is 27.9 Å². The van der Waals surface area contributed by atoms with Crippen molar-refractivity contribution in [3.05, 3.63) is 284 Å². The molecule has 0 atom stereocenters. The Bertz CT molecular complexity index is 4250. The molecule has 16 rings (SSSR count). The second-order valence-electron chi connectivity index (χ2n) is 20.6. The highest BCUT2D eigenvalue weighted by Gasteiger charge is 2.52. The van der Waals surface area contributed by atoms with E-state index in [2.05, 4.69) is 303 Å². The highest BCUT2D eigenvalue weighted by Crippen LogP contribution is 2.49. The van der Waals surface area contributed by atoms with Gasteiger partial charge in [-0.2, -0.15) is 0 Å². The summed E-state index contributed by atoms with van der Waals surface area (Å²) >= 11 is 1.77. The van der Waals surface area contributed by atoms with E-state index in [1.54, 1.807) is 11.3 Å². The number of aromatic nitrogens is 2. The molecule has 0 amide bonds. The van der Waals surface area contributed by atoms with Gasteiger partial charge in [-0.25, -0.2) is 4.98 Å². The molecule has 0 radical (unpaired) electrons. The summed E-state index contributed by atoms with van der Waals surface area (Å²) in [6.45, 7) is -0.0832. The molecule has 2 aromatic heterocycles. The van der Waals surface area contributed by atoms with Crippen molar-refractivity contribution in [2.45, 2.75) is 0 Å². The first-order valence-corrected chi connectivity index (χ1v) is 29.5. The van der Waals surface area contributed by atoms with Crippen LogP contribution >= 0.6 is 11.3 Å². The van der Waals surface area contributed by atoms with Crippen molar-refractivity contribution in [3.8, 4) is 55.6 Å². The maximum absolute atomic E-state index is 5.06. The average molecular weight is 1010 g/mol. The van der Waals surface area contributed by atoms with E-state index in [0.29, 0.717) is 0 Å². The Hall–Kier alpha value is -8.95. The van der Waals surface area contributed by atoms with Crippen LogP contribution in [-0.2, 0) is 0 Å². The molecule has 1 saturated heterocycles. The van der Waals surface area contributed by atoms with Gasteiger partial charge in [0.25, 0.3) is 0 Å². The summed E-state index contributed by atoms with van der Waals surface area (Å²) in [5, 5.41) is 5.35. The minimum Gasteiger partial charge on any atom is -0.423 e. The molecule has 77 heavy (non-hydrogen) atoms. The monoisotopic (exact) mass is 1010 g/mol. The van der Waals surface area contributed by atoms with Gasteiger partial charge in [0, 0.05) is 5.56 Å². The van der Waals surface area contributed by atoms with Crippen molar-refractivity contribution in [1.29, 1.82) is 0 Å². The molecule has 358 valence electrons. The molecule has 6 nitrogen and oxygen atoms in total. The zero-order valence-electron chi connectivity index (χ0n) is 42.0. The number of fused-ring (bicyclic) bond motifs is 21. The normalized spacial score (nSPS) is 15.8. The molecule has 0 unspecified atom stereocenters. The van der Waals surface area contributed by atoms with E-state index in [0.717, 1.165) is 16.0 Å². The molecule has 1 fully saturated rings. The maximum atomic E-state index is 5.06. The van der Waals surface area contributed by atoms with E-state index < -0.39 is 8.07 Å². The van der Waals surface area contributed by atoms with E-state index in [4.69, 9.17) is 4.98 Å². The third-order valence-corrected chi connectivity index (χ3v) is 22.6. The van der Waals surface area contributed by atoms with E-state index in [-0.39, 0.29) is 27.9 Å². The van der Waals surface area contributed by atoms with Crippen LogP contribution in [-0.4, -0.2) is 64.3 Å². The third-order valence-electron chi connectivity index (χ3n) is 16.7. The van der Waals surface area contributed by atoms with Crippen molar-refractivity contribution in [2.75, 3.05) is 0 Å². The van der Waals surface area contributed by atoms with Crippen molar-refractivity contribution in [1.82, 2.24) is 28.3 Å². The van der Waals surface area contributed by atoms with E-state index in [1.807, 2.05) is 0 Å². The number of nitrogens with zero attached hydrogens (tertiary/aromatic N) is 6. The van der Waals surface area contributed by atoms with Gasteiger partial charge in [0.05, 0.1) is 21.3 Å². The molecule has 0 saturated carbocycles. The topological polar surface area (TPSA) is 30.3 Å². The van der Waals surface area contributed by atoms with E-state index in [1.165, 1.54) is 86.6 Å². The summed E-state index contributed by atoms with van der Waals surface area (Å²) in [6.07, 6.45) is 25.0. The number of rotatable bonds is 5. The Kier molecular flexibility index (Phi) is 10.1. The zero-order valence-corrected chi connectivity index (χ0v) is 43.8. The van der Waals surface area contributed by atoms with Gasteiger partial charge in [-0.05, 0) is 138 Å². The smallest absolute Gasteiger partial charge is 0.380 e. The van der Waals surface area contributed by atoms with Crippen molar-refractivity contribution in [2.24, 2.45) is 0 Å². The average Bonchev–Trinajstić information content (AvgIpc) is 4.12. The summed E-state index contributed by atoms with van der Waals surface area (Å²) in [6, 6.07) is 70.8. The van der Waals surface area contributed by atoms with E-state index in [9.17, 15) is 0 Å². The van der Waals surface area contributed by atoms with Crippen molar-refractivity contribution in [3.63, 3.8) is 0 Å². The fourth-order valence-corrected chi connectivity index (χ4v) is 19.3. The fourth-order valence-electron chi connectivity index (χ4n) is 13.4. The second-order valence-corrected chi connectivity index (χ2v) is 25.4. The molecule has 12 heteroatoms. The highest BCUT2D eigenvalue weighted by atomic mass is 32.1. The molecule has 1 aliphatic carbocycles. The van der Waals surface area contributed by atoms with Crippen LogP contribution < -0.4 is 15.6 Å². The van der Waals surface area contributed by atoms with Crippen molar-refractivity contribution >= 4 is 89.1 Å². The molecule has 8 aromatic carbocycles. The molecular weight excluding hydrogens is 968 g/mol. The molecule has 6 aliphatic rings. The van der Waals surface area contributed by atoms with Gasteiger partial charge in [-0.15, -0.1) is 0 Å². The lowest BCUT2D eigenvalue weighted by atomic mass is 9.42. The molecule has 10 aromatic rings. The summed E-state index contributed by atoms with van der Waals surface area (Å²) in [5.74, 6) is 9.49. The second kappa shape index (κ2) is 17.6. The molecule has 0 bridgehead atoms. The van der Waals surface area contributed by atoms with Crippen LogP contribution in [0.1, 0.15) is 0 Å². The highest BCUT2D eigenvalue weighted by molar-refractivity contribution is 7.24. The predicted octanol–water partition coefficient (Wildman–Crippen LogP) is 12.4. The van der Waals surface area contributed by atoms with Crippen LogP contribution in [0.2, 0.25) is 0 Å². The van der Waals surface area contributed by atoms with Crippen LogP contribution in [0.4, 0.5) is 0 Å². The first-order chi connectivity index (χ1) is 38.2. The van der Waals surface area contributed by atoms with Crippen LogP contribution in [0.15, 0.2) is 284 Å². The fraction of sp³-hybridized carbons (Fsp3) is 0. The zero-order chi connectivity index (χ0) is 50.6. The summed E-state index contributed by atoms with van der Waals surface area (Å²) < 4.78 is 13.7. The predicted molar refractivity (Wildman–Crippen MR) is 329 cm³/mol. The van der Waals surface area contributed by atoms with E-state index >= 15 is 0 Å². The van der Waals surface area contributed by atoms with Gasteiger partial charge in [0.1, 0.15) is 0 Å². The Morgan fingerprint density at radius 2 is 0.870 bits per heavy atom. The molecule has 5 aliphatic heterocycles. The molecule has 0 spiro atoms. The van der Waals surface area contributed by atoms with Gasteiger partial charge in [-0.1, -0.05) is 223 Å². The van der Waals surface area contributed by atoms with Crippen LogP contribution in [0.3, 0.4) is 0 Å². The minimum atomic E-state index is -3.15. The Labute approximate surface area is 454 Å². The lowest BCUT2D eigenvalue weighted by molar-refractivity contribution is 0.621. The Morgan fingerprint density at radius 1 is 0.377 bits per heavy atom. The van der Waals surface area contributed by atoms with Gasteiger partial charge in [0.2, 0.25) is 0 Å². The lowest BCUT2D eigenvalue weighted by Gasteiger charge is -2.54. The summed E-state index contributed by atoms with van der Waals surface area (Å²) in [4.78, 5) is 6.07. The number of imidazole rings is 1. The van der Waals surface area contributed by atoms with Crippen LogP contribution in [0, 0.1) is 0 Å². The summed E-state index contributed by atoms with van der Waals surface area (Å²) in [7, 11) is -3.15. The third kappa shape index (κ3) is 6.68. The number of hydrogen-bond donors (Lipinski definition) is 0. The minimum absolute atomic E-state index is 0.0160. The standard InChI is InChI=1S/C65H46B4N6SSi/c1-3-20-48(21-4-1)77(49-22-5-2-6-23-49,51-36-40-69-73-43-17-14-38-67(73)71-41-16-13-37-66(71)72-42-18-15-39-68(72)74(69)46-51)50-33-35-58-53-24-7-9-26-55(53)59-44-47(32-34-57(59)54-25-8-10-27-56(54)60(58)45-50)52-28-19-31-63-64(52)76-65-70-61-29-11-12-30-62(61)75(63)65/h1-46H. The lowest BCUT2D eigenvalue weighted by Crippen LogP contribution is -2.74. The first-order valence-electron chi connectivity index (χ1n) is 26.6. The van der Waals surface area contributed by atoms with Gasteiger partial charge in [-0.3, -0.25) is 4.40 Å². The van der Waals surface area contributed by atoms with Gasteiger partial charge < -0.3 is 18.9 Å². The molecule has 0 N–H and O–H groups in total. The number of allylic oxidation sites excluding steroid dienone is 8. The maximum Gasteiger partial charge on any atom is 0.380 e. The number of thiazole rings is 1. The SMILES string of the molecule is C1=CB2N(C=C1)B1C=CC=CN1B1C=CC([Si](c3ccccc3)(c3ccccc3)c3ccc4c(c3)-c3ccccc3-c3ccc(-c5cccc6c5sc5nc7ccccc7n56)cc3-c3ccccc3-4)=CN1B1C=CC=CN21. The number of hydrogen-bond acceptors (Lipinski definition) is 6. The summed E-state index contributed by atoms with van der Waals surface area (Å²) in [5.41, 5.74) is 15.6. The molecular formula is C65H46B4N6SSi. The van der Waals surface area contributed by atoms with Crippen molar-refractivity contribution < 1.29 is 0 Å². The van der Waals surface area contributed by atoms with Crippen LogP contribution in [0.5, 0.6) is 0 Å². The quantitative estimate of drug-likeness (QED) is 0.127. The largest absolute Gasteiger partial charge is 0.423 e. The van der Waals surface area contributed by atoms with Gasteiger partial charge in [0.15, 0.2) is 13.0 Å². The Balaban J connectivity index is 0.898. The number of benzene rings is 8.